The highest BCUT2D eigenvalue weighted by Crippen LogP contribution is 2.17. The molecule has 1 N–H and O–H groups in total. The zero-order chi connectivity index (χ0) is 13.9. The van der Waals surface area contributed by atoms with Crippen molar-refractivity contribution < 1.29 is 0 Å². The van der Waals surface area contributed by atoms with Crippen LogP contribution in [0.5, 0.6) is 0 Å². The molecule has 0 aliphatic rings. The van der Waals surface area contributed by atoms with Crippen molar-refractivity contribution >= 4 is 5.69 Å². The summed E-state index contributed by atoms with van der Waals surface area (Å²) in [6.07, 6.45) is 12.9. The highest BCUT2D eigenvalue weighted by molar-refractivity contribution is 5.53. The summed E-state index contributed by atoms with van der Waals surface area (Å²) in [5.41, 5.74) is 3.64. The number of nitrogens with zero attached hydrogens (tertiary/aromatic N) is 1. The van der Waals surface area contributed by atoms with Crippen molar-refractivity contribution in [2.24, 2.45) is 0 Å². The van der Waals surface area contributed by atoms with E-state index in [4.69, 9.17) is 0 Å². The van der Waals surface area contributed by atoms with Crippen LogP contribution in [0.1, 0.15) is 69.5 Å². The molecule has 0 aromatic carbocycles. The van der Waals surface area contributed by atoms with E-state index in [1.807, 2.05) is 6.20 Å². The fourth-order valence-corrected chi connectivity index (χ4v) is 2.43. The molecule has 0 bridgehead atoms. The Morgan fingerprint density at radius 1 is 0.947 bits per heavy atom. The van der Waals surface area contributed by atoms with E-state index in [-0.39, 0.29) is 0 Å². The average Bonchev–Trinajstić information content (AvgIpc) is 2.40. The molecule has 0 saturated heterocycles. The van der Waals surface area contributed by atoms with Crippen LogP contribution in [0, 0.1) is 13.8 Å². The normalized spacial score (nSPS) is 10.7. The van der Waals surface area contributed by atoms with E-state index in [1.165, 1.54) is 62.6 Å². The maximum absolute atomic E-state index is 4.33. The molecular weight excluding hydrogens is 232 g/mol. The molecule has 0 aliphatic heterocycles. The van der Waals surface area contributed by atoms with Gasteiger partial charge in [-0.3, -0.25) is 4.98 Å². The molecule has 19 heavy (non-hydrogen) atoms. The van der Waals surface area contributed by atoms with E-state index in [9.17, 15) is 0 Å². The van der Waals surface area contributed by atoms with Gasteiger partial charge in [0, 0.05) is 12.7 Å². The quantitative estimate of drug-likeness (QED) is 0.582. The van der Waals surface area contributed by atoms with Crippen molar-refractivity contribution in [3.63, 3.8) is 0 Å². The molecule has 0 radical (unpaired) electrons. The number of hydrogen-bond donors (Lipinski definition) is 1. The number of anilines is 1. The Bertz CT molecular complexity index is 327. The van der Waals surface area contributed by atoms with Gasteiger partial charge in [0.05, 0.1) is 11.4 Å². The molecule has 0 saturated carbocycles. The number of unbranched alkanes of at least 4 members (excludes halogenated alkanes) is 7. The molecule has 2 heteroatoms. The first-order valence-electron chi connectivity index (χ1n) is 7.91. The third kappa shape index (κ3) is 6.60. The van der Waals surface area contributed by atoms with Crippen LogP contribution in [-0.4, -0.2) is 11.5 Å². The van der Waals surface area contributed by atoms with Gasteiger partial charge in [-0.15, -0.1) is 0 Å². The molecule has 1 rings (SSSR count). The van der Waals surface area contributed by atoms with Crippen LogP contribution in [0.3, 0.4) is 0 Å². The van der Waals surface area contributed by atoms with Gasteiger partial charge in [-0.25, -0.2) is 0 Å². The van der Waals surface area contributed by atoms with Gasteiger partial charge >= 0.3 is 0 Å². The maximum atomic E-state index is 4.33. The van der Waals surface area contributed by atoms with Crippen molar-refractivity contribution in [2.45, 2.75) is 72.1 Å². The monoisotopic (exact) mass is 262 g/mol. The smallest absolute Gasteiger partial charge is 0.0606 e. The largest absolute Gasteiger partial charge is 0.383 e. The summed E-state index contributed by atoms with van der Waals surface area (Å²) >= 11 is 0. The van der Waals surface area contributed by atoms with E-state index in [2.05, 4.69) is 37.1 Å². The predicted octanol–water partition coefficient (Wildman–Crippen LogP) is 5.25. The summed E-state index contributed by atoms with van der Waals surface area (Å²) < 4.78 is 0. The Labute approximate surface area is 119 Å². The summed E-state index contributed by atoms with van der Waals surface area (Å²) in [7, 11) is 0. The summed E-state index contributed by atoms with van der Waals surface area (Å²) in [4.78, 5) is 4.33. The highest BCUT2D eigenvalue weighted by Gasteiger charge is 2.01. The van der Waals surface area contributed by atoms with Crippen LogP contribution in [0.4, 0.5) is 5.69 Å². The number of aromatic nitrogens is 1. The Morgan fingerprint density at radius 3 is 2.21 bits per heavy atom. The van der Waals surface area contributed by atoms with Gasteiger partial charge in [0.25, 0.3) is 0 Å². The lowest BCUT2D eigenvalue weighted by Crippen LogP contribution is -2.05. The van der Waals surface area contributed by atoms with E-state index in [1.54, 1.807) is 0 Å². The Morgan fingerprint density at radius 2 is 1.58 bits per heavy atom. The third-order valence-corrected chi connectivity index (χ3v) is 3.68. The zero-order valence-electron chi connectivity index (χ0n) is 13.0. The second-order valence-electron chi connectivity index (χ2n) is 5.49. The van der Waals surface area contributed by atoms with Crippen LogP contribution in [0.2, 0.25) is 0 Å². The Hall–Kier alpha value is -1.05. The van der Waals surface area contributed by atoms with Gasteiger partial charge in [0.2, 0.25) is 0 Å². The summed E-state index contributed by atoms with van der Waals surface area (Å²) in [5, 5.41) is 3.53. The fourth-order valence-electron chi connectivity index (χ4n) is 2.43. The number of rotatable bonds is 10. The van der Waals surface area contributed by atoms with Crippen LogP contribution >= 0.6 is 0 Å². The molecule has 2 nitrogen and oxygen atoms in total. The van der Waals surface area contributed by atoms with Crippen molar-refractivity contribution in [1.29, 1.82) is 0 Å². The van der Waals surface area contributed by atoms with E-state index in [0.29, 0.717) is 0 Å². The zero-order valence-corrected chi connectivity index (χ0v) is 13.0. The second kappa shape index (κ2) is 9.82. The lowest BCUT2D eigenvalue weighted by molar-refractivity contribution is 0.581. The minimum Gasteiger partial charge on any atom is -0.383 e. The van der Waals surface area contributed by atoms with Crippen LogP contribution < -0.4 is 5.32 Å². The lowest BCUT2D eigenvalue weighted by Gasteiger charge is -2.11. The van der Waals surface area contributed by atoms with Crippen molar-refractivity contribution in [3.8, 4) is 0 Å². The van der Waals surface area contributed by atoms with E-state index >= 15 is 0 Å². The van der Waals surface area contributed by atoms with Gasteiger partial charge < -0.3 is 5.32 Å². The van der Waals surface area contributed by atoms with Crippen LogP contribution in [0.15, 0.2) is 12.3 Å². The first-order chi connectivity index (χ1) is 9.25. The molecule has 0 spiro atoms. The predicted molar refractivity (Wildman–Crippen MR) is 84.8 cm³/mol. The second-order valence-corrected chi connectivity index (χ2v) is 5.49. The van der Waals surface area contributed by atoms with E-state index in [0.717, 1.165) is 12.2 Å². The summed E-state index contributed by atoms with van der Waals surface area (Å²) in [6, 6.07) is 2.07. The van der Waals surface area contributed by atoms with Crippen molar-refractivity contribution in [1.82, 2.24) is 4.98 Å². The minimum absolute atomic E-state index is 1.07. The fraction of sp³-hybridized carbons (Fsp3) is 0.706. The first-order valence-corrected chi connectivity index (χ1v) is 7.91. The molecule has 0 atom stereocenters. The van der Waals surface area contributed by atoms with Gasteiger partial charge in [-0.05, 0) is 31.9 Å². The standard InChI is InChI=1S/C17H30N2/c1-4-5-6-7-8-9-10-11-13-19-17-15(2)12-14-18-16(17)3/h12,14,19H,4-11,13H2,1-3H3. The highest BCUT2D eigenvalue weighted by atomic mass is 14.9. The molecule has 0 amide bonds. The molecule has 0 unspecified atom stereocenters. The summed E-state index contributed by atoms with van der Waals surface area (Å²) in [5.74, 6) is 0. The Balaban J connectivity index is 2.05. The van der Waals surface area contributed by atoms with E-state index < -0.39 is 0 Å². The molecular formula is C17H30N2. The third-order valence-electron chi connectivity index (χ3n) is 3.68. The number of pyridine rings is 1. The molecule has 108 valence electrons. The van der Waals surface area contributed by atoms with Crippen LogP contribution in [-0.2, 0) is 0 Å². The average molecular weight is 262 g/mol. The Kier molecular flexibility index (Phi) is 8.28. The molecule has 1 heterocycles. The van der Waals surface area contributed by atoms with Gasteiger partial charge in [0.15, 0.2) is 0 Å². The van der Waals surface area contributed by atoms with Crippen molar-refractivity contribution in [3.05, 3.63) is 23.5 Å². The topological polar surface area (TPSA) is 24.9 Å². The molecule has 1 aromatic rings. The number of hydrogen-bond acceptors (Lipinski definition) is 2. The van der Waals surface area contributed by atoms with Crippen LogP contribution in [0.25, 0.3) is 0 Å². The van der Waals surface area contributed by atoms with Gasteiger partial charge in [-0.2, -0.15) is 0 Å². The lowest BCUT2D eigenvalue weighted by atomic mass is 10.1. The number of aryl methyl sites for hydroxylation is 2. The van der Waals surface area contributed by atoms with Gasteiger partial charge in [0.1, 0.15) is 0 Å². The molecule has 0 fully saturated rings. The minimum atomic E-state index is 1.07. The number of nitrogens with one attached hydrogen (secondary N) is 1. The maximum Gasteiger partial charge on any atom is 0.0606 e. The first kappa shape index (κ1) is 16.0. The molecule has 1 aromatic heterocycles. The molecule has 0 aliphatic carbocycles. The van der Waals surface area contributed by atoms with Crippen molar-refractivity contribution in [2.75, 3.05) is 11.9 Å². The SMILES string of the molecule is CCCCCCCCCCNc1c(C)ccnc1C. The summed E-state index contributed by atoms with van der Waals surface area (Å²) in [6.45, 7) is 7.56. The van der Waals surface area contributed by atoms with Gasteiger partial charge in [-0.1, -0.05) is 51.9 Å².